The van der Waals surface area contributed by atoms with Crippen LogP contribution in [0.5, 0.6) is 0 Å². The van der Waals surface area contributed by atoms with E-state index in [1.807, 2.05) is 10.4 Å². The van der Waals surface area contributed by atoms with E-state index >= 15 is 0 Å². The van der Waals surface area contributed by atoms with Crippen LogP contribution in [-0.2, 0) is 0 Å². The third kappa shape index (κ3) is 4.46. The molecule has 1 rings (SSSR count). The topological polar surface area (TPSA) is 0 Å². The van der Waals surface area contributed by atoms with Gasteiger partial charge in [0.05, 0.1) is 24.2 Å². The molecule has 0 saturated heterocycles. The van der Waals surface area contributed by atoms with Crippen molar-refractivity contribution in [2.24, 2.45) is 0 Å². The second kappa shape index (κ2) is 7.49. The monoisotopic (exact) mass is 360 g/mol. The van der Waals surface area contributed by atoms with Gasteiger partial charge in [0.25, 0.3) is 0 Å². The first kappa shape index (κ1) is 20.4. The first-order chi connectivity index (χ1) is 10.5. The Morgan fingerprint density at radius 2 is 1.22 bits per heavy atom. The van der Waals surface area contributed by atoms with Gasteiger partial charge in [-0.15, -0.1) is 19.7 Å². The molecule has 0 bridgehead atoms. The van der Waals surface area contributed by atoms with E-state index < -0.39 is 24.2 Å². The van der Waals surface area contributed by atoms with Gasteiger partial charge in [-0.3, -0.25) is 0 Å². The van der Waals surface area contributed by atoms with Crippen molar-refractivity contribution in [1.29, 1.82) is 0 Å². The molecule has 0 aromatic heterocycles. The van der Waals surface area contributed by atoms with Gasteiger partial charge in [0.1, 0.15) is 0 Å². The van der Waals surface area contributed by atoms with E-state index in [1.165, 1.54) is 24.6 Å². The Hall–Kier alpha value is -0.649. The minimum Gasteiger partial charge on any atom is -0.103 e. The second-order valence-electron chi connectivity index (χ2n) is 8.81. The molecule has 0 atom stereocenters. The fourth-order valence-electron chi connectivity index (χ4n) is 3.99. The van der Waals surface area contributed by atoms with E-state index in [9.17, 15) is 0 Å². The maximum Gasteiger partial charge on any atom is 0.0837 e. The molecule has 0 unspecified atom stereocenters. The highest BCUT2D eigenvalue weighted by Crippen LogP contribution is 2.45. The largest absolute Gasteiger partial charge is 0.103 e. The molecule has 0 fully saturated rings. The molecule has 0 radical (unpaired) electrons. The van der Waals surface area contributed by atoms with Gasteiger partial charge in [0, 0.05) is 0 Å². The molecule has 0 aromatic carbocycles. The lowest BCUT2D eigenvalue weighted by Crippen LogP contribution is -2.41. The van der Waals surface area contributed by atoms with Crippen molar-refractivity contribution in [3.05, 3.63) is 59.6 Å². The zero-order chi connectivity index (χ0) is 17.9. The van der Waals surface area contributed by atoms with E-state index in [2.05, 4.69) is 83.3 Å². The van der Waals surface area contributed by atoms with Crippen molar-refractivity contribution in [3.8, 4) is 0 Å². The molecular weight excluding hydrogens is 324 g/mol. The van der Waals surface area contributed by atoms with Crippen LogP contribution in [0.1, 0.15) is 6.42 Å². The summed E-state index contributed by atoms with van der Waals surface area (Å²) in [6.07, 6.45) is 10.2. The predicted octanol–water partition coefficient (Wildman–Crippen LogP) is 6.91. The molecule has 0 amide bonds. The highest BCUT2D eigenvalue weighted by Gasteiger charge is 2.42. The highest BCUT2D eigenvalue weighted by atomic mass is 28.3. The summed E-state index contributed by atoms with van der Waals surface area (Å²) in [6.45, 7) is 27.3. The Balaban J connectivity index is 3.51. The number of hydrogen-bond donors (Lipinski definition) is 0. The van der Waals surface area contributed by atoms with E-state index in [0.717, 1.165) is 0 Å². The van der Waals surface area contributed by atoms with Gasteiger partial charge in [-0.05, 0) is 24.6 Å². The zero-order valence-electron chi connectivity index (χ0n) is 16.3. The summed E-state index contributed by atoms with van der Waals surface area (Å²) >= 11 is 0. The molecule has 1 aliphatic rings. The minimum absolute atomic E-state index is 1.18. The summed E-state index contributed by atoms with van der Waals surface area (Å²) in [5.41, 5.74) is 0. The summed E-state index contributed by atoms with van der Waals surface area (Å²) in [4.78, 5) is 0. The maximum absolute atomic E-state index is 4.05. The summed E-state index contributed by atoms with van der Waals surface area (Å²) in [5.74, 6) is 0. The van der Waals surface area contributed by atoms with E-state index in [4.69, 9.17) is 0 Å². The van der Waals surface area contributed by atoms with E-state index in [-0.39, 0.29) is 0 Å². The zero-order valence-corrected chi connectivity index (χ0v) is 19.3. The predicted molar refractivity (Wildman–Crippen MR) is 117 cm³/mol. The van der Waals surface area contributed by atoms with Gasteiger partial charge < -0.3 is 0 Å². The van der Waals surface area contributed by atoms with Gasteiger partial charge in [-0.1, -0.05) is 79.2 Å². The lowest BCUT2D eigenvalue weighted by atomic mass is 10.5. The van der Waals surface area contributed by atoms with Gasteiger partial charge in [0.15, 0.2) is 0 Å². The highest BCUT2D eigenvalue weighted by molar-refractivity contribution is 6.96. The normalized spacial score (nSPS) is 16.3. The van der Waals surface area contributed by atoms with Crippen LogP contribution in [0, 0.1) is 0 Å². The van der Waals surface area contributed by atoms with Gasteiger partial charge in [0.2, 0.25) is 0 Å². The van der Waals surface area contributed by atoms with Crippen molar-refractivity contribution in [2.75, 3.05) is 0 Å². The third-order valence-electron chi connectivity index (χ3n) is 5.27. The molecule has 0 spiro atoms. The average molecular weight is 361 g/mol. The van der Waals surface area contributed by atoms with Gasteiger partial charge in [-0.25, -0.2) is 0 Å². The number of rotatable bonds is 9. The fourth-order valence-corrected chi connectivity index (χ4v) is 15.7. The third-order valence-corrected chi connectivity index (χ3v) is 15.6. The van der Waals surface area contributed by atoms with Crippen molar-refractivity contribution < 1.29 is 0 Å². The maximum atomic E-state index is 4.05. The van der Waals surface area contributed by atoms with Gasteiger partial charge >= 0.3 is 0 Å². The van der Waals surface area contributed by atoms with Crippen LogP contribution in [-0.4, -0.2) is 24.2 Å². The standard InChI is InChI=1S/C20H36Si3/c1-10-15-21(4,5)18-13-14-19(22(6,7)16-11-2)20(18)23(8,9)17-12-3/h10-13H,1-3,14-17H2,4-9H3. The molecule has 0 saturated carbocycles. The summed E-state index contributed by atoms with van der Waals surface area (Å²) in [5, 5.41) is 5.38. The van der Waals surface area contributed by atoms with Crippen LogP contribution in [0.3, 0.4) is 0 Å². The molecular formula is C20H36Si3. The van der Waals surface area contributed by atoms with Crippen LogP contribution in [0.25, 0.3) is 0 Å². The van der Waals surface area contributed by atoms with Crippen LogP contribution in [0.2, 0.25) is 57.4 Å². The first-order valence-corrected chi connectivity index (χ1v) is 18.4. The second-order valence-corrected chi connectivity index (χ2v) is 23.0. The molecule has 0 aliphatic heterocycles. The van der Waals surface area contributed by atoms with Crippen molar-refractivity contribution >= 4 is 24.2 Å². The molecule has 0 N–H and O–H groups in total. The average Bonchev–Trinajstić information content (AvgIpc) is 2.85. The molecule has 0 nitrogen and oxygen atoms in total. The Morgan fingerprint density at radius 1 is 0.783 bits per heavy atom. The Labute approximate surface area is 147 Å². The lowest BCUT2D eigenvalue weighted by Gasteiger charge is -2.36. The summed E-state index contributed by atoms with van der Waals surface area (Å²) in [7, 11) is -4.32. The molecule has 0 aromatic rings. The molecule has 23 heavy (non-hydrogen) atoms. The quantitative estimate of drug-likeness (QED) is 0.309. The molecule has 1 aliphatic carbocycles. The summed E-state index contributed by atoms with van der Waals surface area (Å²) in [6, 6.07) is 3.55. The lowest BCUT2D eigenvalue weighted by molar-refractivity contribution is 1.31. The molecule has 0 heterocycles. The van der Waals surface area contributed by atoms with Crippen LogP contribution >= 0.6 is 0 Å². The molecule has 3 heteroatoms. The summed E-state index contributed by atoms with van der Waals surface area (Å²) < 4.78 is 0. The van der Waals surface area contributed by atoms with Crippen LogP contribution in [0.4, 0.5) is 0 Å². The van der Waals surface area contributed by atoms with E-state index in [1.54, 1.807) is 5.20 Å². The number of hydrogen-bond acceptors (Lipinski definition) is 0. The first-order valence-electron chi connectivity index (χ1n) is 8.81. The fraction of sp³-hybridized carbons (Fsp3) is 0.500. The minimum atomic E-state index is -1.48. The van der Waals surface area contributed by atoms with Crippen molar-refractivity contribution in [1.82, 2.24) is 0 Å². The van der Waals surface area contributed by atoms with Crippen LogP contribution in [0.15, 0.2) is 59.6 Å². The smallest absolute Gasteiger partial charge is 0.0837 e. The van der Waals surface area contributed by atoms with Crippen molar-refractivity contribution in [2.45, 2.75) is 63.8 Å². The van der Waals surface area contributed by atoms with E-state index in [0.29, 0.717) is 0 Å². The number of allylic oxidation sites excluding steroid dienone is 7. The van der Waals surface area contributed by atoms with Crippen molar-refractivity contribution in [3.63, 3.8) is 0 Å². The SMILES string of the molecule is C=CC[Si](C)(C)C1=CCC([Si](C)(C)CC=C)=C1[Si](C)(C)CC=C. The van der Waals surface area contributed by atoms with Crippen LogP contribution < -0.4 is 0 Å². The Kier molecular flexibility index (Phi) is 6.65. The molecule has 128 valence electrons. The Bertz CT molecular complexity index is 545. The van der Waals surface area contributed by atoms with Gasteiger partial charge in [-0.2, -0.15) is 0 Å². The Morgan fingerprint density at radius 3 is 1.70 bits per heavy atom.